The van der Waals surface area contributed by atoms with Crippen LogP contribution in [0.15, 0.2) is 229 Å². The fourth-order valence-electron chi connectivity index (χ4n) is 9.66. The Balaban J connectivity index is 0.932. The molecule has 10 aromatic carbocycles. The highest BCUT2D eigenvalue weighted by Crippen LogP contribution is 2.42. The molecular formula is C61H37N3O. The number of pyridine rings is 1. The third-order valence-electron chi connectivity index (χ3n) is 12.9. The fourth-order valence-corrected chi connectivity index (χ4v) is 9.66. The topological polar surface area (TPSA) is 51.8 Å². The van der Waals surface area contributed by atoms with E-state index < -0.39 is 0 Å². The maximum absolute atomic E-state index is 6.70. The summed E-state index contributed by atoms with van der Waals surface area (Å²) in [6.45, 7) is 0. The van der Waals surface area contributed by atoms with Gasteiger partial charge in [0.15, 0.2) is 5.82 Å². The number of rotatable bonds is 6. The van der Waals surface area contributed by atoms with Crippen molar-refractivity contribution in [1.82, 2.24) is 15.0 Å². The first-order valence-corrected chi connectivity index (χ1v) is 22.0. The van der Waals surface area contributed by atoms with E-state index in [1.54, 1.807) is 0 Å². The average Bonchev–Trinajstić information content (AvgIpc) is 3.79. The summed E-state index contributed by atoms with van der Waals surface area (Å²) in [6, 6.07) is 79.1. The molecule has 3 aromatic heterocycles. The van der Waals surface area contributed by atoms with Crippen molar-refractivity contribution in [2.45, 2.75) is 0 Å². The zero-order valence-electron chi connectivity index (χ0n) is 35.1. The first-order chi connectivity index (χ1) is 32.2. The molecule has 13 aromatic rings. The highest BCUT2D eigenvalue weighted by molar-refractivity contribution is 6.26. The van der Waals surface area contributed by atoms with E-state index >= 15 is 0 Å². The molecule has 0 atom stereocenters. The van der Waals surface area contributed by atoms with Crippen LogP contribution in [0, 0.1) is 0 Å². The molecule has 0 N–H and O–H groups in total. The number of aromatic nitrogens is 3. The van der Waals surface area contributed by atoms with Gasteiger partial charge in [-0.2, -0.15) is 0 Å². The van der Waals surface area contributed by atoms with Gasteiger partial charge in [-0.05, 0) is 84.9 Å². The fraction of sp³-hybridized carbons (Fsp3) is 0. The van der Waals surface area contributed by atoms with Crippen LogP contribution in [-0.4, -0.2) is 15.0 Å². The van der Waals surface area contributed by atoms with E-state index in [9.17, 15) is 0 Å². The van der Waals surface area contributed by atoms with Crippen LogP contribution in [0.2, 0.25) is 0 Å². The number of furan rings is 1. The molecule has 13 rings (SSSR count). The Labute approximate surface area is 374 Å². The number of hydrogen-bond acceptors (Lipinski definition) is 4. The van der Waals surface area contributed by atoms with Crippen LogP contribution >= 0.6 is 0 Å². The minimum Gasteiger partial charge on any atom is -0.455 e. The Bertz CT molecular complexity index is 3940. The highest BCUT2D eigenvalue weighted by atomic mass is 16.3. The summed E-state index contributed by atoms with van der Waals surface area (Å²) < 4.78 is 6.70. The number of nitrogens with zero attached hydrogens (tertiary/aromatic N) is 3. The predicted octanol–water partition coefficient (Wildman–Crippen LogP) is 16.4. The Hall–Kier alpha value is -8.73. The van der Waals surface area contributed by atoms with E-state index in [4.69, 9.17) is 19.4 Å². The van der Waals surface area contributed by atoms with Gasteiger partial charge in [0.2, 0.25) is 0 Å². The lowest BCUT2D eigenvalue weighted by molar-refractivity contribution is 0.672. The summed E-state index contributed by atoms with van der Waals surface area (Å²) in [7, 11) is 0. The normalized spacial score (nSPS) is 11.7. The molecule has 0 saturated carbocycles. The monoisotopic (exact) mass is 827 g/mol. The molecule has 0 aliphatic rings. The lowest BCUT2D eigenvalue weighted by Gasteiger charge is -2.13. The number of hydrogen-bond donors (Lipinski definition) is 0. The second-order valence-electron chi connectivity index (χ2n) is 16.7. The van der Waals surface area contributed by atoms with E-state index in [0.29, 0.717) is 5.82 Å². The number of para-hydroxylation sites is 1. The third-order valence-corrected chi connectivity index (χ3v) is 12.9. The molecule has 0 aliphatic carbocycles. The summed E-state index contributed by atoms with van der Waals surface area (Å²) in [5, 5.41) is 10.6. The van der Waals surface area contributed by atoms with E-state index in [1.807, 2.05) is 36.4 Å². The second-order valence-corrected chi connectivity index (χ2v) is 16.7. The number of fused-ring (bicyclic) bond motifs is 11. The van der Waals surface area contributed by atoms with Gasteiger partial charge < -0.3 is 4.42 Å². The van der Waals surface area contributed by atoms with Gasteiger partial charge in [0, 0.05) is 33.0 Å². The van der Waals surface area contributed by atoms with Crippen LogP contribution in [0.3, 0.4) is 0 Å². The largest absolute Gasteiger partial charge is 0.455 e. The molecule has 65 heavy (non-hydrogen) atoms. The first kappa shape index (κ1) is 36.9. The minimum atomic E-state index is 0.677. The molecule has 0 bridgehead atoms. The van der Waals surface area contributed by atoms with Crippen LogP contribution in [-0.2, 0) is 0 Å². The van der Waals surface area contributed by atoms with Crippen molar-refractivity contribution in [3.8, 4) is 67.4 Å². The van der Waals surface area contributed by atoms with Crippen molar-refractivity contribution in [3.63, 3.8) is 0 Å². The molecule has 0 aliphatic heterocycles. The molecule has 0 amide bonds. The van der Waals surface area contributed by atoms with E-state index in [1.165, 1.54) is 37.9 Å². The SMILES string of the molecule is c1ccc(-c2ccc(-c3nc(-c4ccccc4)cc(-c4ccc(-c5nc6cc(-c7ccc8c9ccccc9c9ccccc9c8c7)ccc6c6oc7ccccc7c56)cc4)n3)cc2)cc1. The molecule has 0 unspecified atom stereocenters. The van der Waals surface area contributed by atoms with Crippen LogP contribution in [0.1, 0.15) is 0 Å². The van der Waals surface area contributed by atoms with Crippen LogP contribution in [0.25, 0.3) is 133 Å². The standard InChI is InChI=1S/C61H37N3O/c1-3-13-38(14-4-1)39-23-29-43(30-24-39)61-63-54(40-15-5-2-6-16-40)37-55(64-61)41-25-27-42(28-26-41)59-58-52-21-11-12-22-57(52)65-60(58)51-34-32-45(36-56(51)62-59)44-31-33-50-48-19-8-7-17-46(48)47-18-9-10-20-49(47)53(50)35-44/h1-37H. The molecular weight excluding hydrogens is 791 g/mol. The Morgan fingerprint density at radius 1 is 0.277 bits per heavy atom. The summed E-state index contributed by atoms with van der Waals surface area (Å²) in [5.74, 6) is 0.677. The Morgan fingerprint density at radius 2 is 0.723 bits per heavy atom. The van der Waals surface area contributed by atoms with Crippen molar-refractivity contribution >= 4 is 65.2 Å². The first-order valence-electron chi connectivity index (χ1n) is 22.0. The maximum Gasteiger partial charge on any atom is 0.160 e. The van der Waals surface area contributed by atoms with Crippen LogP contribution in [0.5, 0.6) is 0 Å². The highest BCUT2D eigenvalue weighted by Gasteiger charge is 2.20. The van der Waals surface area contributed by atoms with Crippen LogP contribution < -0.4 is 0 Å². The van der Waals surface area contributed by atoms with Crippen molar-refractivity contribution in [2.75, 3.05) is 0 Å². The number of benzene rings is 10. The van der Waals surface area contributed by atoms with Gasteiger partial charge in [0.1, 0.15) is 11.2 Å². The molecule has 0 fully saturated rings. The molecule has 0 spiro atoms. The van der Waals surface area contributed by atoms with Gasteiger partial charge in [-0.15, -0.1) is 0 Å². The van der Waals surface area contributed by atoms with Gasteiger partial charge in [-0.3, -0.25) is 0 Å². The zero-order chi connectivity index (χ0) is 42.8. The smallest absolute Gasteiger partial charge is 0.160 e. The maximum atomic E-state index is 6.70. The molecule has 4 heteroatoms. The van der Waals surface area contributed by atoms with Gasteiger partial charge in [-0.25, -0.2) is 15.0 Å². The summed E-state index contributed by atoms with van der Waals surface area (Å²) >= 11 is 0. The molecule has 3 heterocycles. The average molecular weight is 828 g/mol. The third kappa shape index (κ3) is 6.26. The lowest BCUT2D eigenvalue weighted by atomic mass is 9.92. The van der Waals surface area contributed by atoms with Crippen molar-refractivity contribution in [3.05, 3.63) is 224 Å². The molecule has 4 nitrogen and oxygen atoms in total. The van der Waals surface area contributed by atoms with E-state index in [-0.39, 0.29) is 0 Å². The second kappa shape index (κ2) is 15.0. The zero-order valence-corrected chi connectivity index (χ0v) is 35.1. The molecule has 0 radical (unpaired) electrons. The molecule has 0 saturated heterocycles. The van der Waals surface area contributed by atoms with Gasteiger partial charge in [-0.1, -0.05) is 194 Å². The van der Waals surface area contributed by atoms with Gasteiger partial charge >= 0.3 is 0 Å². The van der Waals surface area contributed by atoms with Gasteiger partial charge in [0.25, 0.3) is 0 Å². The summed E-state index contributed by atoms with van der Waals surface area (Å²) in [4.78, 5) is 15.8. The Morgan fingerprint density at radius 3 is 1.38 bits per heavy atom. The Kier molecular flexibility index (Phi) is 8.50. The summed E-state index contributed by atoms with van der Waals surface area (Å²) in [6.07, 6.45) is 0. The van der Waals surface area contributed by atoms with Crippen LogP contribution in [0.4, 0.5) is 0 Å². The van der Waals surface area contributed by atoms with E-state index in [0.717, 1.165) is 88.9 Å². The quantitative estimate of drug-likeness (QED) is 0.157. The predicted molar refractivity (Wildman–Crippen MR) is 270 cm³/mol. The minimum absolute atomic E-state index is 0.677. The van der Waals surface area contributed by atoms with Crippen molar-refractivity contribution in [1.29, 1.82) is 0 Å². The lowest BCUT2D eigenvalue weighted by Crippen LogP contribution is -1.96. The van der Waals surface area contributed by atoms with E-state index in [2.05, 4.69) is 188 Å². The van der Waals surface area contributed by atoms with Crippen molar-refractivity contribution < 1.29 is 4.42 Å². The van der Waals surface area contributed by atoms with Gasteiger partial charge in [0.05, 0.1) is 28.0 Å². The summed E-state index contributed by atoms with van der Waals surface area (Å²) in [5.41, 5.74) is 13.7. The molecule has 302 valence electrons. The van der Waals surface area contributed by atoms with Crippen molar-refractivity contribution in [2.24, 2.45) is 0 Å².